The van der Waals surface area contributed by atoms with Crippen LogP contribution in [0, 0.1) is 12.8 Å². The number of carbonyl (C=O) groups is 2. The zero-order valence-corrected chi connectivity index (χ0v) is 20.2. The molecule has 2 atom stereocenters. The number of carbonyl (C=O) groups excluding carboxylic acids is 2. The molecule has 0 aromatic heterocycles. The van der Waals surface area contributed by atoms with Gasteiger partial charge in [0.25, 0.3) is 5.91 Å². The maximum atomic E-state index is 12.6. The lowest BCUT2D eigenvalue weighted by Gasteiger charge is -2.26. The average molecular weight is 556 g/mol. The monoisotopic (exact) mass is 554 g/mol. The van der Waals surface area contributed by atoms with Gasteiger partial charge >= 0.3 is 6.09 Å². The number of halogens is 2. The lowest BCUT2D eigenvalue weighted by molar-refractivity contribution is -0.124. The van der Waals surface area contributed by atoms with Crippen LogP contribution in [0.4, 0.5) is 10.5 Å². The van der Waals surface area contributed by atoms with Crippen molar-refractivity contribution < 1.29 is 24.6 Å². The van der Waals surface area contributed by atoms with Crippen molar-refractivity contribution >= 4 is 49.5 Å². The number of hydrogen-bond donors (Lipinski definition) is 4. The standard InChI is InChI=1S/C22H24Br2N2O5/c1-13-7-9-16(10-8-13)25-22(29)31-21(14(2)5-3-4-6-19(27)26-30)17-11-15(23)12-18(24)20(17)28/h4,6-12,14,21,28,30H,3,5H2,1-2H3,(H,25,29)(H,26,27)/b6-4+/t14-,21+/m1/s1. The van der Waals surface area contributed by atoms with E-state index < -0.39 is 18.1 Å². The Labute approximate surface area is 197 Å². The topological polar surface area (TPSA) is 108 Å². The van der Waals surface area contributed by atoms with Crippen LogP contribution in [0.25, 0.3) is 0 Å². The van der Waals surface area contributed by atoms with E-state index in [4.69, 9.17) is 9.94 Å². The zero-order valence-electron chi connectivity index (χ0n) is 17.1. The van der Waals surface area contributed by atoms with Crippen LogP contribution in [0.3, 0.4) is 0 Å². The fourth-order valence-corrected chi connectivity index (χ4v) is 4.18. The van der Waals surface area contributed by atoms with Crippen LogP contribution < -0.4 is 10.8 Å². The summed E-state index contributed by atoms with van der Waals surface area (Å²) in [5.74, 6) is -0.831. The number of ether oxygens (including phenoxy) is 1. The molecular formula is C22H24Br2N2O5. The van der Waals surface area contributed by atoms with Gasteiger partial charge in [-0.1, -0.05) is 46.6 Å². The van der Waals surface area contributed by atoms with Crippen LogP contribution in [0.1, 0.15) is 37.0 Å². The lowest BCUT2D eigenvalue weighted by atomic mass is 9.92. The Hall–Kier alpha value is -2.36. The van der Waals surface area contributed by atoms with Gasteiger partial charge in [-0.2, -0.15) is 0 Å². The number of rotatable bonds is 8. The van der Waals surface area contributed by atoms with E-state index in [1.165, 1.54) is 11.6 Å². The number of aryl methyl sites for hydroxylation is 1. The number of hydrogen-bond acceptors (Lipinski definition) is 5. The number of amides is 2. The summed E-state index contributed by atoms with van der Waals surface area (Å²) >= 11 is 6.72. The summed E-state index contributed by atoms with van der Waals surface area (Å²) in [4.78, 5) is 23.7. The molecule has 31 heavy (non-hydrogen) atoms. The average Bonchev–Trinajstić information content (AvgIpc) is 2.73. The summed E-state index contributed by atoms with van der Waals surface area (Å²) < 4.78 is 6.91. The molecule has 0 spiro atoms. The van der Waals surface area contributed by atoms with E-state index in [0.717, 1.165) is 5.56 Å². The molecule has 166 valence electrons. The van der Waals surface area contributed by atoms with Crippen LogP contribution in [0.15, 0.2) is 57.5 Å². The molecule has 0 aliphatic carbocycles. The minimum atomic E-state index is -0.751. The number of benzene rings is 2. The number of aromatic hydroxyl groups is 1. The predicted molar refractivity (Wildman–Crippen MR) is 125 cm³/mol. The summed E-state index contributed by atoms with van der Waals surface area (Å²) in [6.07, 6.45) is 2.50. The molecule has 0 aliphatic heterocycles. The van der Waals surface area contributed by atoms with E-state index >= 15 is 0 Å². The molecule has 0 bridgehead atoms. The van der Waals surface area contributed by atoms with E-state index in [0.29, 0.717) is 33.0 Å². The lowest BCUT2D eigenvalue weighted by Crippen LogP contribution is -2.22. The maximum Gasteiger partial charge on any atom is 0.412 e. The summed E-state index contributed by atoms with van der Waals surface area (Å²) in [7, 11) is 0. The molecule has 0 saturated heterocycles. The summed E-state index contributed by atoms with van der Waals surface area (Å²) in [6, 6.07) is 10.7. The molecule has 0 radical (unpaired) electrons. The van der Waals surface area contributed by atoms with E-state index in [1.807, 2.05) is 26.0 Å². The van der Waals surface area contributed by atoms with E-state index in [-0.39, 0.29) is 11.7 Å². The molecule has 0 fully saturated rings. The van der Waals surface area contributed by atoms with Gasteiger partial charge < -0.3 is 9.84 Å². The van der Waals surface area contributed by atoms with E-state index in [1.54, 1.807) is 30.3 Å². The Bertz CT molecular complexity index is 948. The van der Waals surface area contributed by atoms with Gasteiger partial charge in [-0.25, -0.2) is 10.3 Å². The Morgan fingerprint density at radius 2 is 1.87 bits per heavy atom. The number of allylic oxidation sites excluding steroid dienone is 1. The first-order chi connectivity index (χ1) is 14.7. The molecule has 0 saturated carbocycles. The first kappa shape index (κ1) is 24.9. The van der Waals surface area contributed by atoms with Crippen LogP contribution in [0.2, 0.25) is 0 Å². The Balaban J connectivity index is 2.21. The third kappa shape index (κ3) is 7.68. The maximum absolute atomic E-state index is 12.6. The minimum Gasteiger partial charge on any atom is -0.506 e. The first-order valence-corrected chi connectivity index (χ1v) is 11.1. The van der Waals surface area contributed by atoms with Crippen LogP contribution in [-0.2, 0) is 9.53 Å². The Morgan fingerprint density at radius 1 is 1.19 bits per heavy atom. The molecule has 4 N–H and O–H groups in total. The van der Waals surface area contributed by atoms with Crippen molar-refractivity contribution in [2.24, 2.45) is 5.92 Å². The highest BCUT2D eigenvalue weighted by Crippen LogP contribution is 2.40. The van der Waals surface area contributed by atoms with Crippen molar-refractivity contribution in [3.05, 3.63) is 68.6 Å². The molecule has 2 rings (SSSR count). The van der Waals surface area contributed by atoms with Crippen molar-refractivity contribution in [3.8, 4) is 5.75 Å². The summed E-state index contributed by atoms with van der Waals surface area (Å²) in [5, 5.41) is 21.8. The molecular weight excluding hydrogens is 532 g/mol. The van der Waals surface area contributed by atoms with Crippen LogP contribution in [-0.4, -0.2) is 22.3 Å². The molecule has 0 heterocycles. The fraction of sp³-hybridized carbons (Fsp3) is 0.273. The highest BCUT2D eigenvalue weighted by atomic mass is 79.9. The fourth-order valence-electron chi connectivity index (χ4n) is 2.93. The second-order valence-corrected chi connectivity index (χ2v) is 8.85. The van der Waals surface area contributed by atoms with Gasteiger partial charge in [0.05, 0.1) is 4.47 Å². The highest BCUT2D eigenvalue weighted by molar-refractivity contribution is 9.11. The molecule has 9 heteroatoms. The molecule has 7 nitrogen and oxygen atoms in total. The van der Waals surface area contributed by atoms with Gasteiger partial charge in [0, 0.05) is 21.8 Å². The van der Waals surface area contributed by atoms with Gasteiger partial charge in [-0.05, 0) is 65.9 Å². The van der Waals surface area contributed by atoms with Gasteiger partial charge in [-0.3, -0.25) is 15.3 Å². The van der Waals surface area contributed by atoms with Gasteiger partial charge in [0.1, 0.15) is 11.9 Å². The van der Waals surface area contributed by atoms with Gasteiger partial charge in [0.15, 0.2) is 0 Å². The predicted octanol–water partition coefficient (Wildman–Crippen LogP) is 5.99. The second-order valence-electron chi connectivity index (χ2n) is 7.08. The third-order valence-electron chi connectivity index (χ3n) is 4.58. The molecule has 2 aromatic carbocycles. The van der Waals surface area contributed by atoms with Crippen LogP contribution in [0.5, 0.6) is 5.75 Å². The van der Waals surface area contributed by atoms with Gasteiger partial charge in [-0.15, -0.1) is 0 Å². The van der Waals surface area contributed by atoms with E-state index in [2.05, 4.69) is 37.2 Å². The van der Waals surface area contributed by atoms with Crippen molar-refractivity contribution in [1.29, 1.82) is 0 Å². The normalized spacial score (nSPS) is 12.9. The molecule has 0 unspecified atom stereocenters. The largest absolute Gasteiger partial charge is 0.506 e. The molecule has 0 aliphatic rings. The van der Waals surface area contributed by atoms with Crippen molar-refractivity contribution in [3.63, 3.8) is 0 Å². The number of hydroxylamine groups is 1. The summed E-state index contributed by atoms with van der Waals surface area (Å²) in [6.45, 7) is 3.84. The Morgan fingerprint density at radius 3 is 2.52 bits per heavy atom. The smallest absolute Gasteiger partial charge is 0.412 e. The van der Waals surface area contributed by atoms with Gasteiger partial charge in [0.2, 0.25) is 0 Å². The van der Waals surface area contributed by atoms with E-state index in [9.17, 15) is 14.7 Å². The number of anilines is 1. The molecule has 2 aromatic rings. The zero-order chi connectivity index (χ0) is 23.0. The quantitative estimate of drug-likeness (QED) is 0.182. The third-order valence-corrected chi connectivity index (χ3v) is 5.64. The van der Waals surface area contributed by atoms with Crippen molar-refractivity contribution in [2.45, 2.75) is 32.8 Å². The summed E-state index contributed by atoms with van der Waals surface area (Å²) in [5.41, 5.74) is 3.64. The Kier molecular flexibility index (Phi) is 9.54. The molecule has 2 amide bonds. The minimum absolute atomic E-state index is 0.0154. The number of phenolic OH excluding ortho intramolecular Hbond substituents is 1. The second kappa shape index (κ2) is 11.9. The number of nitrogens with one attached hydrogen (secondary N) is 2. The highest BCUT2D eigenvalue weighted by Gasteiger charge is 2.27. The van der Waals surface area contributed by atoms with Crippen molar-refractivity contribution in [1.82, 2.24) is 5.48 Å². The SMILES string of the molecule is Cc1ccc(NC(=O)O[C@H](c2cc(Br)cc(Br)c2O)[C@H](C)CC/C=C/C(=O)NO)cc1. The van der Waals surface area contributed by atoms with Crippen LogP contribution >= 0.6 is 31.9 Å². The first-order valence-electron chi connectivity index (χ1n) is 9.54. The number of phenols is 1. The van der Waals surface area contributed by atoms with Crippen molar-refractivity contribution in [2.75, 3.05) is 5.32 Å².